The minimum Gasteiger partial charge on any atom is -0.657 e. The second-order valence-electron chi connectivity index (χ2n) is 12.5. The number of piperidine rings is 1. The molecule has 6 heteroatoms. The maximum absolute atomic E-state index is 5.37. The van der Waals surface area contributed by atoms with Gasteiger partial charge < -0.3 is 14.9 Å². The molecule has 0 spiro atoms. The number of rotatable bonds is 4. The third kappa shape index (κ3) is 5.77. The van der Waals surface area contributed by atoms with Gasteiger partial charge in [0.15, 0.2) is 0 Å². The van der Waals surface area contributed by atoms with Crippen LogP contribution in [0, 0.1) is 0 Å². The molecule has 3 aromatic heterocycles. The molecule has 0 amide bonds. The largest absolute Gasteiger partial charge is 2.00 e. The Bertz CT molecular complexity index is 2330. The number of nitrogens with zero attached hydrogens (tertiary/aromatic N) is 5. The van der Waals surface area contributed by atoms with Crippen LogP contribution in [0.5, 0.6) is 0 Å². The van der Waals surface area contributed by atoms with Crippen LogP contribution in [0.25, 0.3) is 79.8 Å². The number of hydrogen-bond donors (Lipinski definition) is 0. The van der Waals surface area contributed by atoms with E-state index in [4.69, 9.17) is 19.9 Å². The van der Waals surface area contributed by atoms with Crippen LogP contribution in [0.15, 0.2) is 115 Å². The molecule has 8 bridgehead atoms. The SMILES string of the molecule is C1=Cc2nc1c(-c1ccccc1)c1ccc([n-]1)c(-c1ccccc1)c1nc(c(N3CCCCC3)c3ccc([n-]3)c2-c2ccccc2)C=C1.[Zn+2]. The topological polar surface area (TPSA) is 57.2 Å². The third-order valence-electron chi connectivity index (χ3n) is 9.44. The summed E-state index contributed by atoms with van der Waals surface area (Å²) in [4.78, 5) is 23.9. The van der Waals surface area contributed by atoms with Gasteiger partial charge in [0.2, 0.25) is 0 Å². The van der Waals surface area contributed by atoms with E-state index in [1.54, 1.807) is 0 Å². The Morgan fingerprint density at radius 1 is 0.408 bits per heavy atom. The zero-order valence-corrected chi connectivity index (χ0v) is 30.2. The summed E-state index contributed by atoms with van der Waals surface area (Å²) in [7, 11) is 0. The summed E-state index contributed by atoms with van der Waals surface area (Å²) in [5, 5.41) is 0. The van der Waals surface area contributed by atoms with E-state index >= 15 is 0 Å². The van der Waals surface area contributed by atoms with Crippen molar-refractivity contribution in [3.8, 4) is 33.4 Å². The Balaban J connectivity index is 0.00000348. The van der Waals surface area contributed by atoms with E-state index < -0.39 is 0 Å². The van der Waals surface area contributed by atoms with Crippen LogP contribution in [-0.2, 0) is 19.5 Å². The monoisotopic (exact) mass is 683 g/mol. The summed E-state index contributed by atoms with van der Waals surface area (Å²) in [5.74, 6) is 0. The minimum absolute atomic E-state index is 0. The van der Waals surface area contributed by atoms with Crippen LogP contribution in [-0.4, -0.2) is 23.1 Å². The molecular formula is C43H33N5Zn. The van der Waals surface area contributed by atoms with Crippen LogP contribution in [0.2, 0.25) is 0 Å². The maximum atomic E-state index is 5.37. The van der Waals surface area contributed by atoms with E-state index in [-0.39, 0.29) is 19.5 Å². The third-order valence-corrected chi connectivity index (χ3v) is 9.44. The van der Waals surface area contributed by atoms with Crippen molar-refractivity contribution in [2.45, 2.75) is 19.3 Å². The van der Waals surface area contributed by atoms with E-state index in [0.717, 1.165) is 110 Å². The number of anilines is 1. The van der Waals surface area contributed by atoms with Gasteiger partial charge in [-0.1, -0.05) is 115 Å². The smallest absolute Gasteiger partial charge is 0.657 e. The molecule has 6 heterocycles. The Labute approximate surface area is 298 Å². The predicted octanol–water partition coefficient (Wildman–Crippen LogP) is 9.90. The fraction of sp³-hybridized carbons (Fsp3) is 0.116. The van der Waals surface area contributed by atoms with E-state index in [1.807, 2.05) is 6.07 Å². The number of hydrogen-bond acceptors (Lipinski definition) is 3. The molecule has 0 unspecified atom stereocenters. The van der Waals surface area contributed by atoms with Gasteiger partial charge in [0.05, 0.1) is 22.8 Å². The normalized spacial score (nSPS) is 13.8. The van der Waals surface area contributed by atoms with Gasteiger partial charge in [-0.05, 0) is 76.9 Å². The molecule has 6 aromatic rings. The van der Waals surface area contributed by atoms with Gasteiger partial charge in [0.1, 0.15) is 0 Å². The quantitative estimate of drug-likeness (QED) is 0.173. The molecule has 0 N–H and O–H groups in total. The van der Waals surface area contributed by atoms with Crippen molar-refractivity contribution in [1.29, 1.82) is 0 Å². The summed E-state index contributed by atoms with van der Waals surface area (Å²) >= 11 is 0. The first kappa shape index (κ1) is 31.0. The molecule has 0 atom stereocenters. The first-order chi connectivity index (χ1) is 23.8. The molecule has 3 aromatic carbocycles. The molecule has 3 aliphatic rings. The van der Waals surface area contributed by atoms with Crippen LogP contribution >= 0.6 is 0 Å². The molecule has 5 nitrogen and oxygen atoms in total. The van der Waals surface area contributed by atoms with Gasteiger partial charge >= 0.3 is 19.5 Å². The molecule has 0 radical (unpaired) electrons. The summed E-state index contributed by atoms with van der Waals surface area (Å²) in [6.07, 6.45) is 12.1. The molecule has 49 heavy (non-hydrogen) atoms. The van der Waals surface area contributed by atoms with Gasteiger partial charge in [-0.2, -0.15) is 0 Å². The van der Waals surface area contributed by atoms with Crippen molar-refractivity contribution < 1.29 is 19.5 Å². The average molecular weight is 685 g/mol. The van der Waals surface area contributed by atoms with E-state index in [2.05, 4.69) is 138 Å². The number of fused-ring (bicyclic) bond motifs is 8. The van der Waals surface area contributed by atoms with Gasteiger partial charge in [0, 0.05) is 18.8 Å². The summed E-state index contributed by atoms with van der Waals surface area (Å²) < 4.78 is 0. The zero-order chi connectivity index (χ0) is 31.9. The number of aromatic nitrogens is 4. The van der Waals surface area contributed by atoms with Crippen LogP contribution in [0.4, 0.5) is 5.69 Å². The Hall–Kier alpha value is -5.32. The molecule has 232 valence electrons. The average Bonchev–Trinajstić information content (AvgIpc) is 3.98. The molecule has 0 saturated carbocycles. The molecule has 0 aliphatic carbocycles. The van der Waals surface area contributed by atoms with Crippen molar-refractivity contribution >= 4 is 52.1 Å². The van der Waals surface area contributed by atoms with E-state index in [0.29, 0.717) is 0 Å². The maximum Gasteiger partial charge on any atom is 2.00 e. The molecular weight excluding hydrogens is 652 g/mol. The van der Waals surface area contributed by atoms with Crippen molar-refractivity contribution in [2.75, 3.05) is 18.0 Å². The second-order valence-corrected chi connectivity index (χ2v) is 12.5. The van der Waals surface area contributed by atoms with Crippen molar-refractivity contribution in [3.63, 3.8) is 0 Å². The Morgan fingerprint density at radius 3 is 1.22 bits per heavy atom. The van der Waals surface area contributed by atoms with Crippen LogP contribution in [0.1, 0.15) is 42.0 Å². The molecule has 3 aliphatic heterocycles. The van der Waals surface area contributed by atoms with E-state index in [1.165, 1.54) is 6.42 Å². The summed E-state index contributed by atoms with van der Waals surface area (Å²) in [6, 6.07) is 40.0. The molecule has 9 rings (SSSR count). The predicted molar refractivity (Wildman–Crippen MR) is 199 cm³/mol. The van der Waals surface area contributed by atoms with Crippen LogP contribution in [0.3, 0.4) is 0 Å². The Kier molecular flexibility index (Phi) is 8.41. The van der Waals surface area contributed by atoms with Crippen LogP contribution < -0.4 is 14.9 Å². The first-order valence-corrected chi connectivity index (χ1v) is 16.8. The van der Waals surface area contributed by atoms with Crippen molar-refractivity contribution in [1.82, 2.24) is 19.9 Å². The second kappa shape index (κ2) is 13.3. The summed E-state index contributed by atoms with van der Waals surface area (Å²) in [6.45, 7) is 1.98. The standard InChI is InChI=1S/C43H33N5.Zn/c1-5-13-29(14-6-1)40-32-19-21-34(44-32)41(30-15-7-2-8-16-30)36-23-25-38(46-36)43(48-27-11-4-12-28-48)39-26-24-37(47-39)42(31-17-9-3-10-18-31)35-22-20-33(40)45-35;/h1-3,5-10,13-26H,4,11-12,27-28H2;/q-2;+2. The molecule has 1 fully saturated rings. The Morgan fingerprint density at radius 2 is 0.776 bits per heavy atom. The van der Waals surface area contributed by atoms with Gasteiger partial charge in [-0.15, -0.1) is 22.1 Å². The van der Waals surface area contributed by atoms with E-state index in [9.17, 15) is 0 Å². The molecule has 1 saturated heterocycles. The van der Waals surface area contributed by atoms with Gasteiger partial charge in [-0.3, -0.25) is 0 Å². The number of benzene rings is 3. The minimum atomic E-state index is 0. The first-order valence-electron chi connectivity index (χ1n) is 16.8. The zero-order valence-electron chi connectivity index (χ0n) is 27.3. The summed E-state index contributed by atoms with van der Waals surface area (Å²) in [5.41, 5.74) is 14.6. The fourth-order valence-corrected chi connectivity index (χ4v) is 7.22. The van der Waals surface area contributed by atoms with Gasteiger partial charge in [-0.25, -0.2) is 9.97 Å². The van der Waals surface area contributed by atoms with Gasteiger partial charge in [0.25, 0.3) is 0 Å². The van der Waals surface area contributed by atoms with Crippen molar-refractivity contribution in [3.05, 3.63) is 138 Å². The fourth-order valence-electron chi connectivity index (χ4n) is 7.22. The van der Waals surface area contributed by atoms with Crippen molar-refractivity contribution in [2.24, 2.45) is 0 Å².